The lowest BCUT2D eigenvalue weighted by Gasteiger charge is -2.42. The maximum Gasteiger partial charge on any atom is 0.336 e. The Bertz CT molecular complexity index is 1050. The number of aryl methyl sites for hydroxylation is 1. The van der Waals surface area contributed by atoms with Gasteiger partial charge in [0.2, 0.25) is 0 Å². The van der Waals surface area contributed by atoms with E-state index in [0.29, 0.717) is 38.9 Å². The van der Waals surface area contributed by atoms with Crippen LogP contribution in [0.25, 0.3) is 10.9 Å². The van der Waals surface area contributed by atoms with Crippen LogP contribution < -0.4 is 5.32 Å². The molecule has 0 atom stereocenters. The van der Waals surface area contributed by atoms with Gasteiger partial charge in [0.25, 0.3) is 0 Å². The minimum Gasteiger partial charge on any atom is -0.389 e. The van der Waals surface area contributed by atoms with Crippen LogP contribution in [0.1, 0.15) is 31.0 Å². The first kappa shape index (κ1) is 21.3. The van der Waals surface area contributed by atoms with Crippen molar-refractivity contribution < 1.29 is 9.90 Å². The van der Waals surface area contributed by atoms with Crippen LogP contribution in [0, 0.1) is 6.92 Å². The van der Waals surface area contributed by atoms with E-state index in [1.165, 1.54) is 0 Å². The van der Waals surface area contributed by atoms with E-state index in [1.807, 2.05) is 67.4 Å². The lowest BCUT2D eigenvalue weighted by atomic mass is 9.86. The van der Waals surface area contributed by atoms with Gasteiger partial charge in [0.05, 0.1) is 16.8 Å². The number of piperidine rings is 1. The zero-order chi connectivity index (χ0) is 21.8. The van der Waals surface area contributed by atoms with E-state index in [-0.39, 0.29) is 6.03 Å². The van der Waals surface area contributed by atoms with Gasteiger partial charge in [0, 0.05) is 37.1 Å². The van der Waals surface area contributed by atoms with Crippen molar-refractivity contribution in [1.29, 1.82) is 0 Å². The molecule has 2 heterocycles. The van der Waals surface area contributed by atoms with Gasteiger partial charge < -0.3 is 10.4 Å². The van der Waals surface area contributed by atoms with E-state index < -0.39 is 5.60 Å². The Labute approximate surface area is 183 Å². The van der Waals surface area contributed by atoms with Crippen molar-refractivity contribution in [2.45, 2.75) is 38.7 Å². The predicted molar refractivity (Wildman–Crippen MR) is 124 cm³/mol. The minimum atomic E-state index is -0.730. The quantitative estimate of drug-likeness (QED) is 0.645. The monoisotopic (exact) mass is 418 g/mol. The van der Waals surface area contributed by atoms with Crippen LogP contribution in [0.2, 0.25) is 0 Å². The standard InChI is InChI=1S/C25H30N4O2/c1-3-29(24(30)27-23-17-19(2)26-22-12-8-7-11-21(22)23)28-15-13-25(31,14-16-28)18-20-9-5-4-6-10-20/h4-12,17,31H,3,13-16,18H2,1-2H3,(H,26,27,30). The molecule has 0 spiro atoms. The molecule has 6 nitrogen and oxygen atoms in total. The highest BCUT2D eigenvalue weighted by molar-refractivity contribution is 6.00. The number of nitrogens with zero attached hydrogens (tertiary/aromatic N) is 3. The number of aliphatic hydroxyl groups is 1. The maximum atomic E-state index is 13.1. The molecule has 1 saturated heterocycles. The van der Waals surface area contributed by atoms with Crippen LogP contribution in [-0.2, 0) is 6.42 Å². The van der Waals surface area contributed by atoms with E-state index in [4.69, 9.17) is 0 Å². The molecule has 162 valence electrons. The Morgan fingerprint density at radius 3 is 2.52 bits per heavy atom. The first-order valence-corrected chi connectivity index (χ1v) is 10.9. The Balaban J connectivity index is 1.43. The fourth-order valence-corrected chi connectivity index (χ4v) is 4.37. The summed E-state index contributed by atoms with van der Waals surface area (Å²) in [5.74, 6) is 0. The number of anilines is 1. The van der Waals surface area contributed by atoms with Crippen molar-refractivity contribution in [1.82, 2.24) is 15.0 Å². The molecule has 31 heavy (non-hydrogen) atoms. The van der Waals surface area contributed by atoms with E-state index in [1.54, 1.807) is 5.01 Å². The van der Waals surface area contributed by atoms with Gasteiger partial charge in [-0.3, -0.25) is 9.99 Å². The first-order valence-electron chi connectivity index (χ1n) is 10.9. The largest absolute Gasteiger partial charge is 0.389 e. The number of carbonyl (C=O) groups is 1. The number of benzene rings is 2. The summed E-state index contributed by atoms with van der Waals surface area (Å²) in [5.41, 5.74) is 2.91. The zero-order valence-corrected chi connectivity index (χ0v) is 18.2. The van der Waals surface area contributed by atoms with Crippen molar-refractivity contribution in [2.75, 3.05) is 25.0 Å². The molecule has 4 rings (SSSR count). The summed E-state index contributed by atoms with van der Waals surface area (Å²) in [7, 11) is 0. The molecule has 0 saturated carbocycles. The number of urea groups is 1. The van der Waals surface area contributed by atoms with Crippen molar-refractivity contribution in [3.63, 3.8) is 0 Å². The molecule has 1 aliphatic rings. The average Bonchev–Trinajstić information content (AvgIpc) is 2.76. The number of carbonyl (C=O) groups excluding carboxylic acids is 1. The van der Waals surface area contributed by atoms with Gasteiger partial charge in [-0.15, -0.1) is 0 Å². The molecule has 3 aromatic rings. The summed E-state index contributed by atoms with van der Waals surface area (Å²) in [5, 5.41) is 18.9. The first-order chi connectivity index (χ1) is 15.0. The number of para-hydroxylation sites is 1. The van der Waals surface area contributed by atoms with Gasteiger partial charge >= 0.3 is 6.03 Å². The summed E-state index contributed by atoms with van der Waals surface area (Å²) >= 11 is 0. The highest BCUT2D eigenvalue weighted by Crippen LogP contribution is 2.28. The topological polar surface area (TPSA) is 68.7 Å². The van der Waals surface area contributed by atoms with Gasteiger partial charge in [-0.05, 0) is 44.4 Å². The molecule has 6 heteroatoms. The Kier molecular flexibility index (Phi) is 6.20. The van der Waals surface area contributed by atoms with Crippen LogP contribution in [0.3, 0.4) is 0 Å². The fraction of sp³-hybridized carbons (Fsp3) is 0.360. The summed E-state index contributed by atoms with van der Waals surface area (Å²) in [6.45, 7) is 5.74. The number of amides is 2. The van der Waals surface area contributed by atoms with Crippen LogP contribution in [0.4, 0.5) is 10.5 Å². The number of hydrazine groups is 1. The molecule has 2 amide bonds. The van der Waals surface area contributed by atoms with Gasteiger partial charge in [-0.1, -0.05) is 48.5 Å². The molecule has 1 aromatic heterocycles. The third-order valence-corrected chi connectivity index (χ3v) is 6.01. The Morgan fingerprint density at radius 2 is 1.81 bits per heavy atom. The molecular weight excluding hydrogens is 388 g/mol. The second kappa shape index (κ2) is 9.04. The lowest BCUT2D eigenvalue weighted by molar-refractivity contribution is -0.0753. The van der Waals surface area contributed by atoms with Crippen molar-refractivity contribution in [2.24, 2.45) is 0 Å². The van der Waals surface area contributed by atoms with Crippen LogP contribution in [0.5, 0.6) is 0 Å². The number of rotatable bonds is 5. The SMILES string of the molecule is CCN(C(=O)Nc1cc(C)nc2ccccc12)N1CCC(O)(Cc2ccccc2)CC1. The molecule has 0 radical (unpaired) electrons. The number of pyridine rings is 1. The number of hydrogen-bond donors (Lipinski definition) is 2. The van der Waals surface area contributed by atoms with E-state index in [9.17, 15) is 9.90 Å². The van der Waals surface area contributed by atoms with Crippen LogP contribution in [0.15, 0.2) is 60.7 Å². The van der Waals surface area contributed by atoms with E-state index >= 15 is 0 Å². The highest BCUT2D eigenvalue weighted by atomic mass is 16.3. The van der Waals surface area contributed by atoms with Crippen molar-refractivity contribution in [3.8, 4) is 0 Å². The molecule has 1 aliphatic heterocycles. The predicted octanol–water partition coefficient (Wildman–Crippen LogP) is 4.38. The van der Waals surface area contributed by atoms with Gasteiger partial charge in [0.1, 0.15) is 0 Å². The smallest absolute Gasteiger partial charge is 0.336 e. The Morgan fingerprint density at radius 1 is 1.13 bits per heavy atom. The maximum absolute atomic E-state index is 13.1. The molecule has 1 fully saturated rings. The third kappa shape index (κ3) is 4.86. The number of hydrogen-bond acceptors (Lipinski definition) is 4. The van der Waals surface area contributed by atoms with Gasteiger partial charge in [-0.2, -0.15) is 0 Å². The summed E-state index contributed by atoms with van der Waals surface area (Å²) in [4.78, 5) is 17.7. The summed E-state index contributed by atoms with van der Waals surface area (Å²) in [6, 6.07) is 19.7. The van der Waals surface area contributed by atoms with Crippen molar-refractivity contribution in [3.05, 3.63) is 71.9 Å². The normalized spacial score (nSPS) is 16.2. The third-order valence-electron chi connectivity index (χ3n) is 6.01. The minimum absolute atomic E-state index is 0.160. The van der Waals surface area contributed by atoms with Crippen molar-refractivity contribution >= 4 is 22.6 Å². The van der Waals surface area contributed by atoms with Crippen LogP contribution in [-0.4, -0.2) is 51.4 Å². The summed E-state index contributed by atoms with van der Waals surface area (Å²) < 4.78 is 0. The fourth-order valence-electron chi connectivity index (χ4n) is 4.37. The molecule has 0 unspecified atom stereocenters. The summed E-state index contributed by atoms with van der Waals surface area (Å²) in [6.07, 6.45) is 1.90. The number of aromatic nitrogens is 1. The highest BCUT2D eigenvalue weighted by Gasteiger charge is 2.35. The van der Waals surface area contributed by atoms with Crippen LogP contribution >= 0.6 is 0 Å². The Hall–Kier alpha value is -2.96. The molecule has 0 bridgehead atoms. The number of nitrogens with one attached hydrogen (secondary N) is 1. The second-order valence-corrected chi connectivity index (χ2v) is 8.31. The number of fused-ring (bicyclic) bond motifs is 1. The van der Waals surface area contributed by atoms with Gasteiger partial charge in [0.15, 0.2) is 0 Å². The zero-order valence-electron chi connectivity index (χ0n) is 18.2. The molecule has 2 aromatic carbocycles. The van der Waals surface area contributed by atoms with E-state index in [0.717, 1.165) is 27.8 Å². The lowest BCUT2D eigenvalue weighted by Crippen LogP contribution is -2.55. The molecule has 2 N–H and O–H groups in total. The molecule has 0 aliphatic carbocycles. The molecular formula is C25H30N4O2. The van der Waals surface area contributed by atoms with E-state index in [2.05, 4.69) is 22.4 Å². The second-order valence-electron chi connectivity index (χ2n) is 8.31. The van der Waals surface area contributed by atoms with Gasteiger partial charge in [-0.25, -0.2) is 9.80 Å². The average molecular weight is 419 g/mol.